The van der Waals surface area contributed by atoms with Crippen molar-refractivity contribution in [2.45, 2.75) is 38.3 Å². The second-order valence-electron chi connectivity index (χ2n) is 7.24. The van der Waals surface area contributed by atoms with Gasteiger partial charge in [0.05, 0.1) is 19.2 Å². The Balaban J connectivity index is 1.60. The Bertz CT molecular complexity index is 615. The van der Waals surface area contributed by atoms with Gasteiger partial charge in [-0.05, 0) is 49.8 Å². The van der Waals surface area contributed by atoms with Crippen LogP contribution in [0.3, 0.4) is 0 Å². The summed E-state index contributed by atoms with van der Waals surface area (Å²) < 4.78 is 32.0. The van der Waals surface area contributed by atoms with Gasteiger partial charge in [0.2, 0.25) is 5.91 Å². The molecule has 138 valence electrons. The monoisotopic (exact) mass is 352 g/mol. The Kier molecular flexibility index (Phi) is 5.69. The molecule has 1 saturated carbocycles. The standard InChI is InChI=1S/C19H26F2N2O2/c1-13(15-3-6-17(20)18(21)9-15)22(2)19(24)11-23(16-4-5-16)10-14-7-8-25-12-14/h3,6,9,13-14,16H,4-5,7-8,10-12H2,1-2H3. The molecule has 0 radical (unpaired) electrons. The van der Waals surface area contributed by atoms with Crippen LogP contribution in [0.2, 0.25) is 0 Å². The topological polar surface area (TPSA) is 32.8 Å². The summed E-state index contributed by atoms with van der Waals surface area (Å²) in [4.78, 5) is 16.6. The van der Waals surface area contributed by atoms with E-state index in [1.165, 1.54) is 6.07 Å². The minimum Gasteiger partial charge on any atom is -0.381 e. The summed E-state index contributed by atoms with van der Waals surface area (Å²) in [6.07, 6.45) is 3.34. The molecule has 25 heavy (non-hydrogen) atoms. The molecule has 1 aromatic rings. The Labute approximate surface area is 147 Å². The van der Waals surface area contributed by atoms with Crippen molar-refractivity contribution in [2.75, 3.05) is 33.4 Å². The van der Waals surface area contributed by atoms with Crippen LogP contribution in [0.15, 0.2) is 18.2 Å². The van der Waals surface area contributed by atoms with Crippen molar-refractivity contribution in [1.82, 2.24) is 9.80 Å². The van der Waals surface area contributed by atoms with E-state index >= 15 is 0 Å². The molecule has 1 amide bonds. The number of rotatable bonds is 7. The number of benzene rings is 1. The normalized spacial score (nSPS) is 21.6. The van der Waals surface area contributed by atoms with Crippen molar-refractivity contribution >= 4 is 5.91 Å². The van der Waals surface area contributed by atoms with E-state index < -0.39 is 11.6 Å². The number of nitrogens with zero attached hydrogens (tertiary/aromatic N) is 2. The van der Waals surface area contributed by atoms with Crippen LogP contribution < -0.4 is 0 Å². The van der Waals surface area contributed by atoms with Crippen LogP contribution in [0, 0.1) is 17.6 Å². The number of hydrogen-bond donors (Lipinski definition) is 0. The van der Waals surface area contributed by atoms with Gasteiger partial charge in [0, 0.05) is 26.2 Å². The number of hydrogen-bond acceptors (Lipinski definition) is 3. The molecule has 6 heteroatoms. The molecule has 1 aliphatic carbocycles. The fourth-order valence-corrected chi connectivity index (χ4v) is 3.34. The predicted molar refractivity (Wildman–Crippen MR) is 91.1 cm³/mol. The van der Waals surface area contributed by atoms with E-state index in [4.69, 9.17) is 4.74 Å². The maximum Gasteiger partial charge on any atom is 0.237 e. The van der Waals surface area contributed by atoms with Crippen molar-refractivity contribution in [3.63, 3.8) is 0 Å². The third-order valence-electron chi connectivity index (χ3n) is 5.32. The molecule has 3 rings (SSSR count). The van der Waals surface area contributed by atoms with Crippen molar-refractivity contribution in [3.8, 4) is 0 Å². The average Bonchev–Trinajstić information content (AvgIpc) is 3.32. The first-order valence-electron chi connectivity index (χ1n) is 8.98. The highest BCUT2D eigenvalue weighted by Gasteiger charge is 2.33. The first-order valence-corrected chi connectivity index (χ1v) is 8.98. The highest BCUT2D eigenvalue weighted by atomic mass is 19.2. The van der Waals surface area contributed by atoms with Gasteiger partial charge in [-0.2, -0.15) is 0 Å². The van der Waals surface area contributed by atoms with Crippen molar-refractivity contribution in [1.29, 1.82) is 0 Å². The second-order valence-corrected chi connectivity index (χ2v) is 7.24. The third kappa shape index (κ3) is 4.55. The fourth-order valence-electron chi connectivity index (χ4n) is 3.34. The minimum atomic E-state index is -0.883. The Morgan fingerprint density at radius 3 is 2.64 bits per heavy atom. The zero-order chi connectivity index (χ0) is 18.0. The van der Waals surface area contributed by atoms with Gasteiger partial charge < -0.3 is 9.64 Å². The maximum atomic E-state index is 13.5. The number of halogens is 2. The zero-order valence-electron chi connectivity index (χ0n) is 14.9. The van der Waals surface area contributed by atoms with Crippen LogP contribution in [0.25, 0.3) is 0 Å². The lowest BCUT2D eigenvalue weighted by Gasteiger charge is -2.30. The van der Waals surface area contributed by atoms with Crippen LogP contribution in [-0.4, -0.2) is 55.1 Å². The predicted octanol–water partition coefficient (Wildman–Crippen LogP) is 2.99. The van der Waals surface area contributed by atoms with E-state index in [1.807, 2.05) is 6.92 Å². The highest BCUT2D eigenvalue weighted by Crippen LogP contribution is 2.29. The summed E-state index contributed by atoms with van der Waals surface area (Å²) in [7, 11) is 1.72. The minimum absolute atomic E-state index is 0.00282. The number of ether oxygens (including phenoxy) is 1. The van der Waals surface area contributed by atoms with Crippen LogP contribution in [0.4, 0.5) is 8.78 Å². The molecule has 0 bridgehead atoms. The summed E-state index contributed by atoms with van der Waals surface area (Å²) in [6, 6.07) is 3.99. The molecule has 2 atom stereocenters. The number of likely N-dealkylation sites (N-methyl/N-ethyl adjacent to an activating group) is 1. The van der Waals surface area contributed by atoms with Crippen LogP contribution in [-0.2, 0) is 9.53 Å². The SMILES string of the molecule is CC(c1ccc(F)c(F)c1)N(C)C(=O)CN(CC1CCOC1)C1CC1. The van der Waals surface area contributed by atoms with Crippen LogP contribution >= 0.6 is 0 Å². The molecule has 2 unspecified atom stereocenters. The van der Waals surface area contributed by atoms with Crippen molar-refractivity contribution in [3.05, 3.63) is 35.4 Å². The molecule has 1 heterocycles. The van der Waals surface area contributed by atoms with Gasteiger partial charge in [-0.1, -0.05) is 6.07 Å². The third-order valence-corrected chi connectivity index (χ3v) is 5.32. The second kappa shape index (κ2) is 7.79. The number of carbonyl (C=O) groups excluding carboxylic acids is 1. The molecule has 1 saturated heterocycles. The number of amides is 1. The van der Waals surface area contributed by atoms with Gasteiger partial charge in [-0.3, -0.25) is 9.69 Å². The Morgan fingerprint density at radius 1 is 1.28 bits per heavy atom. The summed E-state index contributed by atoms with van der Waals surface area (Å²) in [6.45, 7) is 4.68. The molecule has 1 aromatic carbocycles. The molecule has 2 fully saturated rings. The van der Waals surface area contributed by atoms with E-state index in [-0.39, 0.29) is 11.9 Å². The lowest BCUT2D eigenvalue weighted by molar-refractivity contribution is -0.133. The van der Waals surface area contributed by atoms with E-state index in [2.05, 4.69) is 4.90 Å². The quantitative estimate of drug-likeness (QED) is 0.756. The first kappa shape index (κ1) is 18.3. The van der Waals surface area contributed by atoms with Gasteiger partial charge >= 0.3 is 0 Å². The summed E-state index contributed by atoms with van der Waals surface area (Å²) in [5.74, 6) is -1.25. The highest BCUT2D eigenvalue weighted by molar-refractivity contribution is 5.78. The molecule has 1 aliphatic heterocycles. The van der Waals surface area contributed by atoms with Crippen molar-refractivity contribution < 1.29 is 18.3 Å². The van der Waals surface area contributed by atoms with Crippen LogP contribution in [0.5, 0.6) is 0 Å². The van der Waals surface area contributed by atoms with E-state index in [0.29, 0.717) is 24.1 Å². The largest absolute Gasteiger partial charge is 0.381 e. The summed E-state index contributed by atoms with van der Waals surface area (Å²) in [5, 5.41) is 0. The van der Waals surface area contributed by atoms with Gasteiger partial charge in [-0.15, -0.1) is 0 Å². The van der Waals surface area contributed by atoms with E-state index in [0.717, 1.165) is 51.2 Å². The smallest absolute Gasteiger partial charge is 0.237 e. The first-order chi connectivity index (χ1) is 12.0. The summed E-state index contributed by atoms with van der Waals surface area (Å²) >= 11 is 0. The molecular formula is C19H26F2N2O2. The van der Waals surface area contributed by atoms with Gasteiger partial charge in [0.25, 0.3) is 0 Å². The van der Waals surface area contributed by atoms with E-state index in [1.54, 1.807) is 11.9 Å². The molecule has 0 N–H and O–H groups in total. The van der Waals surface area contributed by atoms with Gasteiger partial charge in [0.1, 0.15) is 0 Å². The lowest BCUT2D eigenvalue weighted by atomic mass is 10.1. The van der Waals surface area contributed by atoms with E-state index in [9.17, 15) is 13.6 Å². The lowest BCUT2D eigenvalue weighted by Crippen LogP contribution is -2.42. The Hall–Kier alpha value is -1.53. The van der Waals surface area contributed by atoms with Gasteiger partial charge in [-0.25, -0.2) is 8.78 Å². The van der Waals surface area contributed by atoms with Gasteiger partial charge in [0.15, 0.2) is 11.6 Å². The molecule has 4 nitrogen and oxygen atoms in total. The number of carbonyl (C=O) groups is 1. The van der Waals surface area contributed by atoms with Crippen LogP contribution in [0.1, 0.15) is 37.8 Å². The fraction of sp³-hybridized carbons (Fsp3) is 0.632. The Morgan fingerprint density at radius 2 is 2.04 bits per heavy atom. The zero-order valence-corrected chi connectivity index (χ0v) is 14.9. The maximum absolute atomic E-state index is 13.5. The summed E-state index contributed by atoms with van der Waals surface area (Å²) in [5.41, 5.74) is 0.594. The van der Waals surface area contributed by atoms with Crippen molar-refractivity contribution in [2.24, 2.45) is 5.92 Å². The molecule has 0 aromatic heterocycles. The molecular weight excluding hydrogens is 326 g/mol. The molecule has 0 spiro atoms. The average molecular weight is 352 g/mol. The molecule has 2 aliphatic rings.